The Kier molecular flexibility index (Phi) is 8.33. The van der Waals surface area contributed by atoms with Gasteiger partial charge in [0.25, 0.3) is 10.0 Å². The molecule has 12 heteroatoms. The maximum absolute atomic E-state index is 14.5. The molecule has 9 nitrogen and oxygen atoms in total. The van der Waals surface area contributed by atoms with Crippen LogP contribution in [0.15, 0.2) is 112 Å². The van der Waals surface area contributed by atoms with Crippen molar-refractivity contribution in [3.63, 3.8) is 0 Å². The van der Waals surface area contributed by atoms with Crippen molar-refractivity contribution in [1.82, 2.24) is 3.97 Å². The first-order chi connectivity index (χ1) is 22.5. The Morgan fingerprint density at radius 3 is 2.28 bits per heavy atom. The molecule has 0 spiro atoms. The molecule has 6 aromatic rings. The van der Waals surface area contributed by atoms with E-state index in [9.17, 15) is 37.1 Å². The third kappa shape index (κ3) is 5.75. The van der Waals surface area contributed by atoms with E-state index in [0.29, 0.717) is 49.3 Å². The number of aliphatic hydroxyl groups excluding tert-OH is 1. The lowest BCUT2D eigenvalue weighted by Crippen LogP contribution is -2.17. The molecule has 6 rings (SSSR count). The molecule has 0 saturated heterocycles. The quantitative estimate of drug-likeness (QED) is 0.176. The number of aliphatic hydroxyl groups is 1. The molecule has 0 aliphatic heterocycles. The van der Waals surface area contributed by atoms with E-state index in [1.807, 2.05) is 13.0 Å². The van der Waals surface area contributed by atoms with Crippen molar-refractivity contribution < 1.29 is 31.8 Å². The number of nitrogens with zero attached hydrogens (tertiary/aromatic N) is 2. The minimum Gasteiger partial charge on any atom is -0.480 e. The Balaban J connectivity index is 1.66. The van der Waals surface area contributed by atoms with Gasteiger partial charge in [-0.25, -0.2) is 20.8 Å². The molecule has 0 fully saturated rings. The van der Waals surface area contributed by atoms with Crippen LogP contribution in [-0.2, 0) is 31.3 Å². The fourth-order valence-corrected chi connectivity index (χ4v) is 9.20. The second-order valence-corrected chi connectivity index (χ2v) is 15.5. The zero-order valence-electron chi connectivity index (χ0n) is 24.8. The molecule has 2 heterocycles. The summed E-state index contributed by atoms with van der Waals surface area (Å²) in [5.41, 5.74) is 4.19. The van der Waals surface area contributed by atoms with Crippen molar-refractivity contribution in [1.29, 1.82) is 5.26 Å². The predicted octanol–water partition coefficient (Wildman–Crippen LogP) is 6.47. The van der Waals surface area contributed by atoms with E-state index >= 15 is 0 Å². The van der Waals surface area contributed by atoms with Gasteiger partial charge in [-0.3, -0.25) is 4.79 Å². The number of rotatable bonds is 9. The lowest BCUT2D eigenvalue weighted by molar-refractivity contribution is -0.134. The van der Waals surface area contributed by atoms with Gasteiger partial charge < -0.3 is 10.2 Å². The smallest absolute Gasteiger partial charge is 0.319 e. The minimum atomic E-state index is -4.29. The van der Waals surface area contributed by atoms with Gasteiger partial charge in [-0.1, -0.05) is 66.2 Å². The number of aromatic nitrogens is 1. The molecule has 0 aliphatic carbocycles. The van der Waals surface area contributed by atoms with E-state index in [1.165, 1.54) is 27.4 Å². The highest BCUT2D eigenvalue weighted by Crippen LogP contribution is 2.45. The fourth-order valence-electron chi connectivity index (χ4n) is 5.64. The number of hydrogen-bond donors (Lipinski definition) is 2. The van der Waals surface area contributed by atoms with Gasteiger partial charge >= 0.3 is 5.97 Å². The molecule has 0 atom stereocenters. The Hall–Kier alpha value is -5.06. The number of carbonyl (C=O) groups is 1. The van der Waals surface area contributed by atoms with Crippen LogP contribution in [-0.4, -0.2) is 42.7 Å². The largest absolute Gasteiger partial charge is 0.480 e. The molecule has 2 N–H and O–H groups in total. The summed E-state index contributed by atoms with van der Waals surface area (Å²) in [5.74, 6) is -2.67. The monoisotopic (exact) mass is 682 g/mol. The van der Waals surface area contributed by atoms with Gasteiger partial charge in [0, 0.05) is 22.1 Å². The summed E-state index contributed by atoms with van der Waals surface area (Å²) in [7, 11) is -8.49. The number of sulfone groups is 1. The number of fused-ring (bicyclic) bond motifs is 1. The Bertz CT molecular complexity index is 2450. The minimum absolute atomic E-state index is 0.0549. The number of nitriles is 1. The first-order valence-electron chi connectivity index (χ1n) is 14.2. The second kappa shape index (κ2) is 12.3. The maximum Gasteiger partial charge on any atom is 0.319 e. The van der Waals surface area contributed by atoms with E-state index in [0.717, 1.165) is 5.56 Å². The first kappa shape index (κ1) is 31.9. The third-order valence-electron chi connectivity index (χ3n) is 7.78. The fraction of sp³-hybridized carbons (Fsp3) is 0.0857. The summed E-state index contributed by atoms with van der Waals surface area (Å²) < 4.78 is 56.2. The summed E-state index contributed by atoms with van der Waals surface area (Å²) >= 11 is 1.24. The standard InChI is InChI=1S/C35H26N2O7S3/c1-22-9-13-27(14-10-22)47(43,44)37-30-8-3-2-7-28(30)34(29-15-16-45-31(29)19-36)35(37)25-6-4-5-23(17-25)24-11-12-26(20-38)32(18-24)46(41,42)21-33(39)40/h2-18,38H,20-21H2,1H3,(H,39,40). The molecule has 0 aliphatic rings. The number of carboxylic acid groups (broad SMARTS) is 1. The Labute approximate surface area is 275 Å². The Morgan fingerprint density at radius 2 is 1.57 bits per heavy atom. The van der Waals surface area contributed by atoms with Crippen LogP contribution in [0.4, 0.5) is 0 Å². The number of benzene rings is 4. The van der Waals surface area contributed by atoms with Gasteiger partial charge in [0.15, 0.2) is 15.6 Å². The topological polar surface area (TPSA) is 155 Å². The second-order valence-electron chi connectivity index (χ2n) is 10.8. The highest BCUT2D eigenvalue weighted by molar-refractivity contribution is 7.92. The molecule has 0 saturated carbocycles. The Morgan fingerprint density at radius 1 is 0.872 bits per heavy atom. The van der Waals surface area contributed by atoms with Crippen LogP contribution in [0.3, 0.4) is 0 Å². The van der Waals surface area contributed by atoms with Crippen LogP contribution in [0.1, 0.15) is 16.0 Å². The third-order valence-corrected chi connectivity index (χ3v) is 12.0. The number of hydrogen-bond acceptors (Lipinski definition) is 8. The van der Waals surface area contributed by atoms with Crippen LogP contribution < -0.4 is 0 Å². The maximum atomic E-state index is 14.5. The molecule has 0 bridgehead atoms. The highest BCUT2D eigenvalue weighted by atomic mass is 32.2. The molecular weight excluding hydrogens is 657 g/mol. The summed E-state index contributed by atoms with van der Waals surface area (Å²) in [6, 6.07) is 28.9. The number of para-hydroxylation sites is 1. The molecule has 236 valence electrons. The van der Waals surface area contributed by atoms with Gasteiger partial charge in [-0.2, -0.15) is 5.26 Å². The molecule has 0 radical (unpaired) electrons. The zero-order chi connectivity index (χ0) is 33.5. The first-order valence-corrected chi connectivity index (χ1v) is 18.2. The van der Waals surface area contributed by atoms with Gasteiger partial charge in [-0.15, -0.1) is 11.3 Å². The highest BCUT2D eigenvalue weighted by Gasteiger charge is 2.30. The summed E-state index contributed by atoms with van der Waals surface area (Å²) in [5, 5.41) is 31.4. The number of aryl methyl sites for hydroxylation is 1. The number of aliphatic carboxylic acids is 1. The van der Waals surface area contributed by atoms with Crippen molar-refractivity contribution in [3.05, 3.63) is 118 Å². The van der Waals surface area contributed by atoms with Crippen LogP contribution >= 0.6 is 11.3 Å². The lowest BCUT2D eigenvalue weighted by Gasteiger charge is -2.15. The van der Waals surface area contributed by atoms with Gasteiger partial charge in [-0.05, 0) is 65.4 Å². The number of carboxylic acids is 1. The average Bonchev–Trinajstić information content (AvgIpc) is 3.66. The van der Waals surface area contributed by atoms with Crippen LogP contribution in [0.5, 0.6) is 0 Å². The van der Waals surface area contributed by atoms with E-state index in [2.05, 4.69) is 6.07 Å². The van der Waals surface area contributed by atoms with Crippen molar-refractivity contribution in [3.8, 4) is 39.6 Å². The predicted molar refractivity (Wildman–Crippen MR) is 180 cm³/mol. The van der Waals surface area contributed by atoms with Gasteiger partial charge in [0.05, 0.1) is 27.6 Å². The summed E-state index contributed by atoms with van der Waals surface area (Å²) in [6.07, 6.45) is 0. The zero-order valence-corrected chi connectivity index (χ0v) is 27.2. The van der Waals surface area contributed by atoms with Crippen LogP contribution in [0.25, 0.3) is 44.4 Å². The summed E-state index contributed by atoms with van der Waals surface area (Å²) in [6.45, 7) is 1.25. The van der Waals surface area contributed by atoms with E-state index in [4.69, 9.17) is 0 Å². The van der Waals surface area contributed by atoms with Crippen molar-refractivity contribution in [2.75, 3.05) is 5.75 Å². The SMILES string of the molecule is Cc1ccc(S(=O)(=O)n2c(-c3cccc(-c4ccc(CO)c(S(=O)(=O)CC(=O)O)c4)c3)c(-c3ccsc3C#N)c3ccccc32)cc1. The lowest BCUT2D eigenvalue weighted by atomic mass is 9.96. The van der Waals surface area contributed by atoms with Gasteiger partial charge in [0.2, 0.25) is 0 Å². The molecule has 4 aromatic carbocycles. The van der Waals surface area contributed by atoms with E-state index in [-0.39, 0.29) is 15.4 Å². The molecule has 47 heavy (non-hydrogen) atoms. The average molecular weight is 683 g/mol. The van der Waals surface area contributed by atoms with E-state index < -0.39 is 38.2 Å². The molecule has 0 unspecified atom stereocenters. The molecule has 0 amide bonds. The van der Waals surface area contributed by atoms with Crippen molar-refractivity contribution in [2.45, 2.75) is 23.3 Å². The summed E-state index contributed by atoms with van der Waals surface area (Å²) in [4.78, 5) is 11.5. The van der Waals surface area contributed by atoms with Crippen LogP contribution in [0, 0.1) is 18.3 Å². The molecule has 2 aromatic heterocycles. The van der Waals surface area contributed by atoms with E-state index in [1.54, 1.807) is 84.2 Å². The van der Waals surface area contributed by atoms with Gasteiger partial charge in [0.1, 0.15) is 10.9 Å². The van der Waals surface area contributed by atoms with Crippen molar-refractivity contribution in [2.24, 2.45) is 0 Å². The number of thiophene rings is 1. The van der Waals surface area contributed by atoms with Crippen molar-refractivity contribution >= 4 is 48.1 Å². The normalized spacial score (nSPS) is 11.9. The van der Waals surface area contributed by atoms with Crippen LogP contribution in [0.2, 0.25) is 0 Å². The molecular formula is C35H26N2O7S3.